The maximum absolute atomic E-state index is 14.0. The van der Waals surface area contributed by atoms with E-state index in [-0.39, 0.29) is 12.1 Å². The number of carbonyl (C=O) groups is 1. The van der Waals surface area contributed by atoms with Gasteiger partial charge in [0, 0.05) is 25.1 Å². The first-order valence-corrected chi connectivity index (χ1v) is 14.3. The number of alkyl halides is 6. The molecule has 0 unspecified atom stereocenters. The van der Waals surface area contributed by atoms with Crippen molar-refractivity contribution in [2.24, 2.45) is 0 Å². The molecule has 2 atom stereocenters. The van der Waals surface area contributed by atoms with Gasteiger partial charge in [0.05, 0.1) is 27.5 Å². The van der Waals surface area contributed by atoms with Crippen LogP contribution in [0.1, 0.15) is 50.4 Å². The zero-order chi connectivity index (χ0) is 31.3. The molecule has 1 aliphatic carbocycles. The van der Waals surface area contributed by atoms with Gasteiger partial charge in [0.1, 0.15) is 17.1 Å². The number of nitriles is 1. The highest BCUT2D eigenvalue weighted by Crippen LogP contribution is 2.41. The number of carbonyl (C=O) groups excluding carboxylic acids is 1. The van der Waals surface area contributed by atoms with Crippen molar-refractivity contribution in [1.82, 2.24) is 15.1 Å². The molecule has 1 aromatic carbocycles. The van der Waals surface area contributed by atoms with E-state index >= 15 is 0 Å². The van der Waals surface area contributed by atoms with Crippen LogP contribution in [0.4, 0.5) is 37.0 Å². The van der Waals surface area contributed by atoms with Crippen molar-refractivity contribution >= 4 is 21.7 Å². The summed E-state index contributed by atoms with van der Waals surface area (Å²) in [6.07, 6.45) is -12.0. The lowest BCUT2D eigenvalue weighted by atomic mass is 10.2. The monoisotopic (exact) mass is 623 g/mol. The molecule has 2 aromatic rings. The first-order valence-electron chi connectivity index (χ1n) is 12.7. The lowest BCUT2D eigenvalue weighted by Crippen LogP contribution is -2.42. The van der Waals surface area contributed by atoms with Crippen molar-refractivity contribution in [3.63, 3.8) is 0 Å². The number of rotatable bonds is 8. The Morgan fingerprint density at radius 2 is 1.88 bits per heavy atom. The Labute approximate surface area is 237 Å². The summed E-state index contributed by atoms with van der Waals surface area (Å²) in [5.41, 5.74) is -2.24. The van der Waals surface area contributed by atoms with Crippen molar-refractivity contribution in [3.8, 4) is 11.8 Å². The number of aromatic nitrogens is 2. The molecule has 0 bridgehead atoms. The Balaban J connectivity index is 1.69. The second-order valence-corrected chi connectivity index (χ2v) is 12.7. The average Bonchev–Trinajstić information content (AvgIpc) is 3.33. The molecule has 1 aromatic heterocycles. The van der Waals surface area contributed by atoms with Crippen LogP contribution in [0.15, 0.2) is 29.2 Å². The van der Waals surface area contributed by atoms with E-state index in [1.807, 2.05) is 6.07 Å². The quantitative estimate of drug-likeness (QED) is 0.412. The van der Waals surface area contributed by atoms with E-state index in [0.29, 0.717) is 30.4 Å². The number of amides is 1. The van der Waals surface area contributed by atoms with E-state index in [9.17, 15) is 44.8 Å². The topological polar surface area (TPSA) is 127 Å². The van der Waals surface area contributed by atoms with Crippen LogP contribution in [-0.4, -0.2) is 60.6 Å². The van der Waals surface area contributed by atoms with Crippen molar-refractivity contribution in [2.75, 3.05) is 18.1 Å². The highest BCUT2D eigenvalue weighted by atomic mass is 32.2. The van der Waals surface area contributed by atoms with E-state index in [4.69, 9.17) is 4.74 Å². The molecule has 17 heteroatoms. The van der Waals surface area contributed by atoms with Gasteiger partial charge < -0.3 is 19.7 Å². The Morgan fingerprint density at radius 3 is 2.43 bits per heavy atom. The van der Waals surface area contributed by atoms with Gasteiger partial charge in [-0.3, -0.25) is 0 Å². The van der Waals surface area contributed by atoms with Crippen LogP contribution in [-0.2, 0) is 20.8 Å². The fourth-order valence-electron chi connectivity index (χ4n) is 4.59. The number of nitrogens with one attached hydrogen (secondary N) is 1. The normalized spacial score (nSPS) is 20.4. The standard InChI is InChI=1S/C25H27F6N5O5S/c1-14(2)36-20(8-15(3)34-36)35-11-17(10-21(35)41-22(37)33-23(12-32)6-7-23)42(38,39)19-5-4-16(40-13-24(26,27)28)9-18(19)25(29,30)31/h4-5,8-9,14,17,21H,6-7,10-11,13H2,1-3H3,(H,33,37)/t17-,21-/m1/s1. The molecule has 1 amide bonds. The number of ether oxygens (including phenoxy) is 2. The number of benzene rings is 1. The molecule has 42 heavy (non-hydrogen) atoms. The van der Waals surface area contributed by atoms with Crippen LogP contribution in [0.2, 0.25) is 0 Å². The van der Waals surface area contributed by atoms with E-state index in [2.05, 4.69) is 15.2 Å². The predicted octanol–water partition coefficient (Wildman–Crippen LogP) is 4.89. The molecule has 1 aliphatic heterocycles. The van der Waals surface area contributed by atoms with Gasteiger partial charge in [-0.25, -0.2) is 17.9 Å². The van der Waals surface area contributed by atoms with Crippen LogP contribution < -0.4 is 15.0 Å². The van der Waals surface area contributed by atoms with Crippen molar-refractivity contribution in [1.29, 1.82) is 5.26 Å². The minimum Gasteiger partial charge on any atom is -0.484 e. The highest BCUT2D eigenvalue weighted by molar-refractivity contribution is 7.92. The average molecular weight is 624 g/mol. The third-order valence-electron chi connectivity index (χ3n) is 6.79. The number of aryl methyl sites for hydroxylation is 1. The summed E-state index contributed by atoms with van der Waals surface area (Å²) >= 11 is 0. The third kappa shape index (κ3) is 6.69. The van der Waals surface area contributed by atoms with E-state index in [1.54, 1.807) is 31.5 Å². The molecule has 4 rings (SSSR count). The lowest BCUT2D eigenvalue weighted by Gasteiger charge is -2.27. The summed E-state index contributed by atoms with van der Waals surface area (Å²) in [7, 11) is -4.81. The largest absolute Gasteiger partial charge is 0.484 e. The molecule has 230 valence electrons. The molecule has 1 N–H and O–H groups in total. The first-order chi connectivity index (χ1) is 19.3. The minimum absolute atomic E-state index is 0.209. The van der Waals surface area contributed by atoms with Gasteiger partial charge in [0.25, 0.3) is 0 Å². The SMILES string of the molecule is Cc1cc(N2C[C@H](S(=O)(=O)c3ccc(OCC(F)(F)F)cc3C(F)(F)F)C[C@H]2OC(=O)NC2(C#N)CC2)n(C(C)C)n1. The van der Waals surface area contributed by atoms with Gasteiger partial charge in [-0.2, -0.15) is 36.7 Å². The fourth-order valence-corrected chi connectivity index (χ4v) is 6.46. The zero-order valence-electron chi connectivity index (χ0n) is 22.6. The van der Waals surface area contributed by atoms with Gasteiger partial charge >= 0.3 is 18.4 Å². The highest BCUT2D eigenvalue weighted by Gasteiger charge is 2.49. The Kier molecular flexibility index (Phi) is 8.09. The summed E-state index contributed by atoms with van der Waals surface area (Å²) in [6.45, 7) is 3.00. The van der Waals surface area contributed by atoms with Crippen molar-refractivity contribution in [3.05, 3.63) is 35.5 Å². The number of sulfone groups is 1. The number of anilines is 1. The number of hydrogen-bond donors (Lipinski definition) is 1. The minimum atomic E-state index is -5.25. The smallest absolute Gasteiger partial charge is 0.422 e. The second kappa shape index (κ2) is 10.9. The molecule has 0 spiro atoms. The van der Waals surface area contributed by atoms with Gasteiger partial charge in [-0.1, -0.05) is 0 Å². The van der Waals surface area contributed by atoms with Crippen LogP contribution in [0, 0.1) is 18.3 Å². The molecular weight excluding hydrogens is 596 g/mol. The number of nitrogens with zero attached hydrogens (tertiary/aromatic N) is 4. The Hall–Kier alpha value is -3.68. The van der Waals surface area contributed by atoms with E-state index in [0.717, 1.165) is 6.07 Å². The second-order valence-electron chi connectivity index (χ2n) is 10.5. The fraction of sp³-hybridized carbons (Fsp3) is 0.560. The lowest BCUT2D eigenvalue weighted by molar-refractivity contribution is -0.153. The predicted molar refractivity (Wildman–Crippen MR) is 134 cm³/mol. The van der Waals surface area contributed by atoms with E-state index in [1.165, 1.54) is 4.90 Å². The summed E-state index contributed by atoms with van der Waals surface area (Å²) in [6, 6.07) is 4.82. The Morgan fingerprint density at radius 1 is 1.21 bits per heavy atom. The van der Waals surface area contributed by atoms with Gasteiger partial charge in [-0.15, -0.1) is 0 Å². The molecule has 2 aliphatic rings. The van der Waals surface area contributed by atoms with Gasteiger partial charge in [0.15, 0.2) is 22.7 Å². The van der Waals surface area contributed by atoms with Crippen LogP contribution in [0.5, 0.6) is 5.75 Å². The number of hydrogen-bond acceptors (Lipinski definition) is 8. The first kappa shape index (κ1) is 31.3. The molecule has 2 fully saturated rings. The van der Waals surface area contributed by atoms with Crippen molar-refractivity contribution in [2.45, 2.75) is 80.3 Å². The molecule has 1 saturated carbocycles. The van der Waals surface area contributed by atoms with Gasteiger partial charge in [0.2, 0.25) is 0 Å². The summed E-state index contributed by atoms with van der Waals surface area (Å²) in [4.78, 5) is 12.9. The molecule has 10 nitrogen and oxygen atoms in total. The van der Waals surface area contributed by atoms with Gasteiger partial charge in [-0.05, 0) is 51.8 Å². The maximum Gasteiger partial charge on any atom is 0.422 e. The summed E-state index contributed by atoms with van der Waals surface area (Å²) < 4.78 is 118. The van der Waals surface area contributed by atoms with E-state index < -0.39 is 81.1 Å². The number of alkyl carbamates (subject to hydrolysis) is 1. The molecular formula is C25H27F6N5O5S. The van der Waals surface area contributed by atoms with Crippen molar-refractivity contribution < 1.29 is 49.0 Å². The third-order valence-corrected chi connectivity index (χ3v) is 8.98. The molecule has 2 heterocycles. The molecule has 0 radical (unpaired) electrons. The maximum atomic E-state index is 14.0. The summed E-state index contributed by atoms with van der Waals surface area (Å²) in [5, 5.41) is 14.6. The number of halogens is 6. The van der Waals surface area contributed by atoms with Crippen LogP contribution >= 0.6 is 0 Å². The molecule has 1 saturated heterocycles. The van der Waals surface area contributed by atoms with Crippen LogP contribution in [0.25, 0.3) is 0 Å². The zero-order valence-corrected chi connectivity index (χ0v) is 23.4. The Bertz CT molecular complexity index is 1490. The summed E-state index contributed by atoms with van der Waals surface area (Å²) in [5.74, 6) is -0.460. The van der Waals surface area contributed by atoms with Crippen LogP contribution in [0.3, 0.4) is 0 Å².